The van der Waals surface area contributed by atoms with Crippen LogP contribution in [0.4, 0.5) is 0 Å². The second-order valence-electron chi connectivity index (χ2n) is 1.82. The maximum Gasteiger partial charge on any atom is 0.235 e. The molecule has 0 spiro atoms. The zero-order valence-corrected chi connectivity index (χ0v) is 4.74. The molecule has 1 aliphatic heterocycles. The van der Waals surface area contributed by atoms with Crippen molar-refractivity contribution in [2.75, 3.05) is 6.54 Å². The number of rotatable bonds is 1. The summed E-state index contributed by atoms with van der Waals surface area (Å²) in [5.41, 5.74) is 2.25. The van der Waals surface area contributed by atoms with Gasteiger partial charge in [0.25, 0.3) is 0 Å². The van der Waals surface area contributed by atoms with Crippen molar-refractivity contribution in [1.82, 2.24) is 10.4 Å². The Morgan fingerprint density at radius 1 is 1.67 bits per heavy atom. The molecule has 1 heterocycles. The number of hydrogen-bond donors (Lipinski definition) is 3. The lowest BCUT2D eigenvalue weighted by molar-refractivity contribution is -0.168. The van der Waals surface area contributed by atoms with Gasteiger partial charge in [-0.2, -0.15) is 5.01 Å². The molecule has 1 rings (SSSR count). The zero-order valence-electron chi connectivity index (χ0n) is 4.74. The highest BCUT2D eigenvalue weighted by Gasteiger charge is 2.22. The summed E-state index contributed by atoms with van der Waals surface area (Å²) in [6.45, 7) is 0.358. The summed E-state index contributed by atoms with van der Waals surface area (Å²) >= 11 is 0. The molecule has 0 atom stereocenters. The molecule has 5 nitrogen and oxygen atoms in total. The van der Waals surface area contributed by atoms with Crippen LogP contribution in [-0.4, -0.2) is 34.1 Å². The summed E-state index contributed by atoms with van der Waals surface area (Å²) in [5, 5.41) is 17.9. The largest absolute Gasteiger partial charge is 0.355 e. The lowest BCUT2D eigenvalue weighted by Gasteiger charge is -2.15. The number of aliphatic hydroxyl groups excluding tert-OH is 1. The van der Waals surface area contributed by atoms with Crippen molar-refractivity contribution in [2.24, 2.45) is 0 Å². The van der Waals surface area contributed by atoms with Crippen LogP contribution in [0, 0.1) is 0 Å². The van der Waals surface area contributed by atoms with Crippen LogP contribution < -0.4 is 5.43 Å². The Labute approximate surface area is 51.9 Å². The highest BCUT2D eigenvalue weighted by molar-refractivity contribution is 5.77. The first-order valence-electron chi connectivity index (χ1n) is 2.62. The molecule has 1 amide bonds. The molecule has 9 heavy (non-hydrogen) atoms. The number of aliphatic hydroxyl groups is 2. The average molecular weight is 132 g/mol. The van der Waals surface area contributed by atoms with Crippen LogP contribution in [-0.2, 0) is 4.79 Å². The monoisotopic (exact) mass is 132 g/mol. The summed E-state index contributed by atoms with van der Waals surface area (Å²) in [4.78, 5) is 10.4. The van der Waals surface area contributed by atoms with E-state index in [2.05, 4.69) is 5.43 Å². The minimum Gasteiger partial charge on any atom is -0.355 e. The topological polar surface area (TPSA) is 72.8 Å². The standard InChI is InChI=1S/C4H8N2O3/c7-3-1-2-6(5-3)4(8)9/h4,8-9H,1-2H2,(H,5,7). The minimum absolute atomic E-state index is 0.178. The van der Waals surface area contributed by atoms with Gasteiger partial charge in [-0.15, -0.1) is 0 Å². The van der Waals surface area contributed by atoms with E-state index >= 15 is 0 Å². The van der Waals surface area contributed by atoms with Gasteiger partial charge in [0.15, 0.2) is 0 Å². The molecule has 0 radical (unpaired) electrons. The Morgan fingerprint density at radius 2 is 2.33 bits per heavy atom. The molecule has 0 aromatic rings. The summed E-state index contributed by atoms with van der Waals surface area (Å²) < 4.78 is 0. The first kappa shape index (κ1) is 6.47. The smallest absolute Gasteiger partial charge is 0.235 e. The van der Waals surface area contributed by atoms with Crippen molar-refractivity contribution in [2.45, 2.75) is 12.8 Å². The van der Waals surface area contributed by atoms with E-state index in [9.17, 15) is 4.79 Å². The highest BCUT2D eigenvalue weighted by atomic mass is 16.5. The molecule has 1 saturated heterocycles. The molecule has 0 aliphatic carbocycles. The van der Waals surface area contributed by atoms with Crippen LogP contribution in [0.2, 0.25) is 0 Å². The van der Waals surface area contributed by atoms with E-state index in [-0.39, 0.29) is 5.91 Å². The number of carbonyl (C=O) groups is 1. The van der Waals surface area contributed by atoms with Crippen molar-refractivity contribution in [3.63, 3.8) is 0 Å². The molecule has 1 fully saturated rings. The van der Waals surface area contributed by atoms with E-state index in [1.807, 2.05) is 0 Å². The van der Waals surface area contributed by atoms with Gasteiger partial charge in [-0.3, -0.25) is 10.2 Å². The van der Waals surface area contributed by atoms with Gasteiger partial charge < -0.3 is 10.2 Å². The number of hydrazine groups is 1. The van der Waals surface area contributed by atoms with Crippen molar-refractivity contribution >= 4 is 5.91 Å². The van der Waals surface area contributed by atoms with Crippen LogP contribution in [0.3, 0.4) is 0 Å². The maximum absolute atomic E-state index is 10.4. The van der Waals surface area contributed by atoms with Gasteiger partial charge in [0.1, 0.15) is 0 Å². The molecular weight excluding hydrogens is 124 g/mol. The van der Waals surface area contributed by atoms with Gasteiger partial charge in [0.05, 0.1) is 0 Å². The molecule has 52 valence electrons. The third-order valence-corrected chi connectivity index (χ3v) is 1.13. The Kier molecular flexibility index (Phi) is 1.65. The highest BCUT2D eigenvalue weighted by Crippen LogP contribution is 1.98. The van der Waals surface area contributed by atoms with Crippen LogP contribution in [0.1, 0.15) is 6.42 Å². The van der Waals surface area contributed by atoms with Crippen LogP contribution in [0.25, 0.3) is 0 Å². The van der Waals surface area contributed by atoms with E-state index < -0.39 is 6.41 Å². The predicted octanol–water partition coefficient (Wildman–Crippen LogP) is -2.01. The number of nitrogens with one attached hydrogen (secondary N) is 1. The van der Waals surface area contributed by atoms with E-state index in [1.165, 1.54) is 0 Å². The maximum atomic E-state index is 10.4. The second kappa shape index (κ2) is 2.30. The van der Waals surface area contributed by atoms with Crippen LogP contribution in [0.15, 0.2) is 0 Å². The number of carbonyl (C=O) groups excluding carboxylic acids is 1. The van der Waals surface area contributed by atoms with E-state index in [0.29, 0.717) is 13.0 Å². The Morgan fingerprint density at radius 3 is 2.56 bits per heavy atom. The van der Waals surface area contributed by atoms with Gasteiger partial charge in [-0.25, -0.2) is 0 Å². The van der Waals surface area contributed by atoms with Gasteiger partial charge in [-0.1, -0.05) is 0 Å². The molecule has 0 aromatic carbocycles. The van der Waals surface area contributed by atoms with Gasteiger partial charge in [0.2, 0.25) is 12.3 Å². The van der Waals surface area contributed by atoms with E-state index in [4.69, 9.17) is 10.2 Å². The number of nitrogens with zero attached hydrogens (tertiary/aromatic N) is 1. The number of hydrogen-bond acceptors (Lipinski definition) is 4. The first-order valence-corrected chi connectivity index (χ1v) is 2.62. The summed E-state index contributed by atoms with van der Waals surface area (Å²) in [6, 6.07) is 0. The first-order chi connectivity index (χ1) is 4.20. The Bertz CT molecular complexity index is 125. The quantitative estimate of drug-likeness (QED) is 0.360. The fraction of sp³-hybridized carbons (Fsp3) is 0.750. The molecule has 0 bridgehead atoms. The fourth-order valence-corrected chi connectivity index (χ4v) is 0.667. The Balaban J connectivity index is 2.39. The molecule has 0 unspecified atom stereocenters. The predicted molar refractivity (Wildman–Crippen MR) is 27.7 cm³/mol. The lowest BCUT2D eigenvalue weighted by Crippen LogP contribution is -2.41. The zero-order chi connectivity index (χ0) is 6.85. The molecule has 5 heteroatoms. The molecule has 0 saturated carbocycles. The third-order valence-electron chi connectivity index (χ3n) is 1.13. The summed E-state index contributed by atoms with van der Waals surface area (Å²) in [6.07, 6.45) is -1.24. The second-order valence-corrected chi connectivity index (χ2v) is 1.82. The average Bonchev–Trinajstić information content (AvgIpc) is 2.14. The fourth-order valence-electron chi connectivity index (χ4n) is 0.667. The summed E-state index contributed by atoms with van der Waals surface area (Å²) in [5.74, 6) is -0.178. The molecule has 0 aromatic heterocycles. The molecular formula is C4H8N2O3. The van der Waals surface area contributed by atoms with E-state index in [1.54, 1.807) is 0 Å². The SMILES string of the molecule is O=C1CCN(C(O)O)N1. The van der Waals surface area contributed by atoms with Crippen molar-refractivity contribution in [3.05, 3.63) is 0 Å². The van der Waals surface area contributed by atoms with Gasteiger partial charge in [-0.05, 0) is 0 Å². The van der Waals surface area contributed by atoms with Crippen molar-refractivity contribution < 1.29 is 15.0 Å². The third kappa shape index (κ3) is 1.38. The minimum atomic E-state index is -1.57. The van der Waals surface area contributed by atoms with Gasteiger partial charge >= 0.3 is 0 Å². The molecule has 1 aliphatic rings. The normalized spacial score (nSPS) is 21.0. The lowest BCUT2D eigenvalue weighted by atomic mass is 10.4. The molecule has 3 N–H and O–H groups in total. The van der Waals surface area contributed by atoms with E-state index in [0.717, 1.165) is 5.01 Å². The number of amides is 1. The van der Waals surface area contributed by atoms with Gasteiger partial charge in [0, 0.05) is 13.0 Å². The van der Waals surface area contributed by atoms with Crippen LogP contribution in [0.5, 0.6) is 0 Å². The van der Waals surface area contributed by atoms with Crippen molar-refractivity contribution in [1.29, 1.82) is 0 Å². The van der Waals surface area contributed by atoms with Crippen molar-refractivity contribution in [3.8, 4) is 0 Å². The van der Waals surface area contributed by atoms with Crippen LogP contribution >= 0.6 is 0 Å². The summed E-state index contributed by atoms with van der Waals surface area (Å²) in [7, 11) is 0. The Hall–Kier alpha value is -0.650.